The minimum atomic E-state index is -0.390. The summed E-state index contributed by atoms with van der Waals surface area (Å²) in [5.74, 6) is 0.918. The van der Waals surface area contributed by atoms with Crippen LogP contribution in [0.1, 0.15) is 67.0 Å². The van der Waals surface area contributed by atoms with E-state index in [1.807, 2.05) is 18.3 Å². The molecule has 27 heavy (non-hydrogen) atoms. The van der Waals surface area contributed by atoms with E-state index in [9.17, 15) is 4.79 Å². The van der Waals surface area contributed by atoms with E-state index in [2.05, 4.69) is 15.6 Å². The minimum absolute atomic E-state index is 0.118. The molecule has 2 aliphatic rings. The number of amides is 1. The van der Waals surface area contributed by atoms with Gasteiger partial charge in [0.15, 0.2) is 0 Å². The summed E-state index contributed by atoms with van der Waals surface area (Å²) < 4.78 is 7.00. The lowest BCUT2D eigenvalue weighted by Gasteiger charge is -2.29. The van der Waals surface area contributed by atoms with Crippen LogP contribution in [0.5, 0.6) is 5.75 Å². The van der Waals surface area contributed by atoms with E-state index >= 15 is 0 Å². The van der Waals surface area contributed by atoms with Crippen molar-refractivity contribution < 1.29 is 9.53 Å². The molecule has 7 heteroatoms. The molecule has 1 heterocycles. The predicted molar refractivity (Wildman–Crippen MR) is 101 cm³/mol. The Kier molecular flexibility index (Phi) is 4.86. The highest BCUT2D eigenvalue weighted by Gasteiger charge is 2.42. The van der Waals surface area contributed by atoms with Gasteiger partial charge >= 0.3 is 0 Å². The summed E-state index contributed by atoms with van der Waals surface area (Å²) in [4.78, 5) is 12.9. The maximum absolute atomic E-state index is 12.9. The molecule has 0 radical (unpaired) electrons. The van der Waals surface area contributed by atoms with Crippen LogP contribution < -0.4 is 15.8 Å². The average Bonchev–Trinajstić information content (AvgIpc) is 3.27. The summed E-state index contributed by atoms with van der Waals surface area (Å²) in [6.45, 7) is 0. The van der Waals surface area contributed by atoms with Crippen LogP contribution in [0.3, 0.4) is 0 Å². The predicted octanol–water partition coefficient (Wildman–Crippen LogP) is 2.74. The highest BCUT2D eigenvalue weighted by atomic mass is 16.5. The fourth-order valence-electron chi connectivity index (χ4n) is 3.88. The zero-order chi connectivity index (χ0) is 18.9. The number of carbonyl (C=O) groups excluding carboxylic acids is 1. The first-order valence-electron chi connectivity index (χ1n) is 9.75. The molecule has 1 aromatic heterocycles. The smallest absolute Gasteiger partial charge is 0.251 e. The van der Waals surface area contributed by atoms with Crippen molar-refractivity contribution in [1.82, 2.24) is 20.3 Å². The number of hydrogen-bond donors (Lipinski definition) is 2. The maximum atomic E-state index is 12.9. The van der Waals surface area contributed by atoms with Crippen LogP contribution in [0.25, 0.3) is 0 Å². The number of ether oxygens (including phenoxy) is 1. The SMILES string of the molecule is COc1cccc(C(=O)N[C@H](c2cn(C3(N)CC3)nn2)C2CCCCC2)c1. The van der Waals surface area contributed by atoms with Crippen LogP contribution >= 0.6 is 0 Å². The Hall–Kier alpha value is -2.41. The summed E-state index contributed by atoms with van der Waals surface area (Å²) >= 11 is 0. The van der Waals surface area contributed by atoms with Gasteiger partial charge in [-0.15, -0.1) is 5.10 Å². The standard InChI is InChI=1S/C20H27N5O2/c1-27-16-9-5-8-15(12-16)19(26)22-18(14-6-3-2-4-7-14)17-13-25(24-23-17)20(21)10-11-20/h5,8-9,12-14,18H,2-4,6-7,10-11,21H2,1H3,(H,22,26)/t18-/m0/s1. The van der Waals surface area contributed by atoms with Crippen molar-refractivity contribution >= 4 is 5.91 Å². The molecule has 0 spiro atoms. The lowest BCUT2D eigenvalue weighted by atomic mass is 9.82. The highest BCUT2D eigenvalue weighted by molar-refractivity contribution is 5.94. The molecule has 2 aliphatic carbocycles. The van der Waals surface area contributed by atoms with Crippen LogP contribution in [0.2, 0.25) is 0 Å². The summed E-state index contributed by atoms with van der Waals surface area (Å²) in [5.41, 5.74) is 7.24. The van der Waals surface area contributed by atoms with Crippen molar-refractivity contribution in [1.29, 1.82) is 0 Å². The first-order chi connectivity index (χ1) is 13.1. The largest absolute Gasteiger partial charge is 0.497 e. The van der Waals surface area contributed by atoms with Gasteiger partial charge < -0.3 is 15.8 Å². The zero-order valence-electron chi connectivity index (χ0n) is 15.7. The molecule has 2 aromatic rings. The van der Waals surface area contributed by atoms with Crippen molar-refractivity contribution in [2.24, 2.45) is 11.7 Å². The molecule has 0 aliphatic heterocycles. The molecule has 0 bridgehead atoms. The van der Waals surface area contributed by atoms with Crippen LogP contribution in [-0.4, -0.2) is 28.0 Å². The quantitative estimate of drug-likeness (QED) is 0.816. The molecule has 2 saturated carbocycles. The third kappa shape index (κ3) is 3.83. The molecule has 0 saturated heterocycles. The van der Waals surface area contributed by atoms with Crippen LogP contribution in [0, 0.1) is 5.92 Å². The number of carbonyl (C=O) groups is 1. The average molecular weight is 369 g/mol. The normalized spacial score (nSPS) is 20.1. The van der Waals surface area contributed by atoms with Crippen LogP contribution in [-0.2, 0) is 5.66 Å². The van der Waals surface area contributed by atoms with Gasteiger partial charge in [0.05, 0.1) is 19.3 Å². The lowest BCUT2D eigenvalue weighted by Crippen LogP contribution is -2.35. The van der Waals surface area contributed by atoms with E-state index in [0.717, 1.165) is 31.4 Å². The third-order valence-electron chi connectivity index (χ3n) is 5.79. The van der Waals surface area contributed by atoms with Crippen LogP contribution in [0.15, 0.2) is 30.5 Å². The molecule has 3 N–H and O–H groups in total. The van der Waals surface area contributed by atoms with Gasteiger partial charge in [0.1, 0.15) is 17.1 Å². The Morgan fingerprint density at radius 2 is 2.11 bits per heavy atom. The number of methoxy groups -OCH3 is 1. The summed E-state index contributed by atoms with van der Waals surface area (Å²) in [7, 11) is 1.60. The Morgan fingerprint density at radius 1 is 1.33 bits per heavy atom. The van der Waals surface area contributed by atoms with Crippen molar-refractivity contribution in [3.63, 3.8) is 0 Å². The van der Waals surface area contributed by atoms with Crippen molar-refractivity contribution in [3.05, 3.63) is 41.7 Å². The van der Waals surface area contributed by atoms with E-state index < -0.39 is 0 Å². The Balaban J connectivity index is 1.57. The van der Waals surface area contributed by atoms with E-state index in [-0.39, 0.29) is 17.6 Å². The van der Waals surface area contributed by atoms with E-state index in [0.29, 0.717) is 17.2 Å². The molecule has 7 nitrogen and oxygen atoms in total. The van der Waals surface area contributed by atoms with Gasteiger partial charge in [0.25, 0.3) is 5.91 Å². The summed E-state index contributed by atoms with van der Waals surface area (Å²) in [6, 6.07) is 7.05. The van der Waals surface area contributed by atoms with Gasteiger partial charge in [-0.3, -0.25) is 4.79 Å². The monoisotopic (exact) mass is 369 g/mol. The highest BCUT2D eigenvalue weighted by Crippen LogP contribution is 2.38. The Morgan fingerprint density at radius 3 is 2.81 bits per heavy atom. The van der Waals surface area contributed by atoms with Gasteiger partial charge in [-0.05, 0) is 49.8 Å². The fraction of sp³-hybridized carbons (Fsp3) is 0.550. The van der Waals surface area contributed by atoms with Crippen molar-refractivity contribution in [2.45, 2.75) is 56.7 Å². The minimum Gasteiger partial charge on any atom is -0.497 e. The number of hydrogen-bond acceptors (Lipinski definition) is 5. The maximum Gasteiger partial charge on any atom is 0.251 e. The van der Waals surface area contributed by atoms with E-state index in [4.69, 9.17) is 10.5 Å². The lowest BCUT2D eigenvalue weighted by molar-refractivity contribution is 0.0910. The second-order valence-corrected chi connectivity index (χ2v) is 7.77. The van der Waals surface area contributed by atoms with E-state index in [1.165, 1.54) is 19.3 Å². The zero-order valence-corrected chi connectivity index (χ0v) is 15.7. The van der Waals surface area contributed by atoms with Gasteiger partial charge in [0, 0.05) is 5.56 Å². The topological polar surface area (TPSA) is 95.1 Å². The number of nitrogens with zero attached hydrogens (tertiary/aromatic N) is 3. The van der Waals surface area contributed by atoms with Gasteiger partial charge in [-0.2, -0.15) is 0 Å². The molecular weight excluding hydrogens is 342 g/mol. The van der Waals surface area contributed by atoms with Gasteiger partial charge in [0.2, 0.25) is 0 Å². The fourth-order valence-corrected chi connectivity index (χ4v) is 3.88. The number of aromatic nitrogens is 3. The molecular formula is C20H27N5O2. The third-order valence-corrected chi connectivity index (χ3v) is 5.79. The molecule has 2 fully saturated rings. The summed E-state index contributed by atoms with van der Waals surface area (Å²) in [6.07, 6.45) is 9.55. The number of benzene rings is 1. The molecule has 144 valence electrons. The van der Waals surface area contributed by atoms with Gasteiger partial charge in [-0.1, -0.05) is 30.5 Å². The molecule has 1 amide bonds. The van der Waals surface area contributed by atoms with E-state index in [1.54, 1.807) is 23.9 Å². The number of nitrogens with one attached hydrogen (secondary N) is 1. The first kappa shape index (κ1) is 18.0. The molecule has 0 unspecified atom stereocenters. The molecule has 4 rings (SSSR count). The van der Waals surface area contributed by atoms with Gasteiger partial charge in [-0.25, -0.2) is 4.68 Å². The number of rotatable bonds is 6. The second-order valence-electron chi connectivity index (χ2n) is 7.77. The molecule has 1 atom stereocenters. The van der Waals surface area contributed by atoms with Crippen LogP contribution in [0.4, 0.5) is 0 Å². The Bertz CT molecular complexity index is 808. The summed E-state index contributed by atoms with van der Waals surface area (Å²) in [5, 5.41) is 11.8. The van der Waals surface area contributed by atoms with Crippen molar-refractivity contribution in [2.75, 3.05) is 7.11 Å². The molecule has 1 aromatic carbocycles. The first-order valence-corrected chi connectivity index (χ1v) is 9.75. The number of nitrogens with two attached hydrogens (primary N) is 1. The second kappa shape index (κ2) is 7.31. The Labute approximate surface area is 159 Å². The van der Waals surface area contributed by atoms with Crippen molar-refractivity contribution in [3.8, 4) is 5.75 Å².